The summed E-state index contributed by atoms with van der Waals surface area (Å²) in [7, 11) is 0. The Labute approximate surface area is 126 Å². The summed E-state index contributed by atoms with van der Waals surface area (Å²) in [4.78, 5) is 13.5. The third-order valence-electron chi connectivity index (χ3n) is 3.72. The number of carbonyl (C=O) groups excluding carboxylic acids is 1. The number of amides is 1. The summed E-state index contributed by atoms with van der Waals surface area (Å²) >= 11 is 0. The molecule has 1 heterocycles. The molecule has 1 saturated heterocycles. The van der Waals surface area contributed by atoms with Gasteiger partial charge in [-0.3, -0.25) is 4.79 Å². The number of nitriles is 1. The van der Waals surface area contributed by atoms with Crippen LogP contribution in [-0.4, -0.2) is 19.1 Å². The first-order valence-electron chi connectivity index (χ1n) is 7.67. The minimum atomic E-state index is -0.188. The number of ether oxygens (including phenoxy) is 1. The molecule has 1 fully saturated rings. The molecule has 4 heteroatoms. The minimum absolute atomic E-state index is 0.0229. The second kappa shape index (κ2) is 7.68. The molecule has 0 radical (unpaired) electrons. The number of rotatable bonds is 7. The van der Waals surface area contributed by atoms with E-state index in [2.05, 4.69) is 13.0 Å². The molecule has 1 atom stereocenters. The van der Waals surface area contributed by atoms with E-state index in [9.17, 15) is 4.79 Å². The van der Waals surface area contributed by atoms with Crippen LogP contribution in [0.25, 0.3) is 0 Å². The van der Waals surface area contributed by atoms with E-state index < -0.39 is 0 Å². The average Bonchev–Trinajstić information content (AvgIpc) is 2.89. The summed E-state index contributed by atoms with van der Waals surface area (Å²) in [6.45, 7) is 3.42. The van der Waals surface area contributed by atoms with Gasteiger partial charge in [-0.2, -0.15) is 5.26 Å². The van der Waals surface area contributed by atoms with Crippen LogP contribution in [0.4, 0.5) is 5.69 Å². The van der Waals surface area contributed by atoms with Crippen molar-refractivity contribution in [2.24, 2.45) is 5.92 Å². The van der Waals surface area contributed by atoms with Crippen LogP contribution in [0.2, 0.25) is 0 Å². The van der Waals surface area contributed by atoms with E-state index in [0.717, 1.165) is 24.5 Å². The van der Waals surface area contributed by atoms with Gasteiger partial charge in [0.2, 0.25) is 5.91 Å². The van der Waals surface area contributed by atoms with Crippen molar-refractivity contribution in [1.82, 2.24) is 0 Å². The van der Waals surface area contributed by atoms with Crippen molar-refractivity contribution in [3.8, 4) is 11.8 Å². The van der Waals surface area contributed by atoms with E-state index in [1.54, 1.807) is 4.90 Å². The Morgan fingerprint density at radius 3 is 2.67 bits per heavy atom. The lowest BCUT2D eigenvalue weighted by Crippen LogP contribution is -2.24. The van der Waals surface area contributed by atoms with Crippen LogP contribution in [0.5, 0.6) is 5.75 Å². The molecular weight excluding hydrogens is 264 g/mol. The van der Waals surface area contributed by atoms with E-state index in [4.69, 9.17) is 10.00 Å². The molecule has 1 aromatic carbocycles. The van der Waals surface area contributed by atoms with Gasteiger partial charge in [0.05, 0.1) is 18.6 Å². The van der Waals surface area contributed by atoms with E-state index in [1.165, 1.54) is 19.3 Å². The number of carbonyl (C=O) groups is 1. The fourth-order valence-electron chi connectivity index (χ4n) is 2.48. The molecule has 0 spiro atoms. The largest absolute Gasteiger partial charge is 0.494 e. The Bertz CT molecular complexity index is 505. The second-order valence-electron chi connectivity index (χ2n) is 5.44. The molecule has 1 unspecified atom stereocenters. The lowest BCUT2D eigenvalue weighted by atomic mass is 10.1. The van der Waals surface area contributed by atoms with Crippen LogP contribution in [0, 0.1) is 17.2 Å². The standard InChI is InChI=1S/C17H22N2O2/c1-2-3-4-5-10-21-16-8-6-15(7-9-16)19-13-14(12-18)11-17(19)20/h6-9,14H,2-5,10-11,13H2,1H3. The fraction of sp³-hybridized carbons (Fsp3) is 0.529. The van der Waals surface area contributed by atoms with Gasteiger partial charge in [-0.25, -0.2) is 0 Å². The number of hydrogen-bond acceptors (Lipinski definition) is 3. The maximum Gasteiger partial charge on any atom is 0.228 e. The summed E-state index contributed by atoms with van der Waals surface area (Å²) in [6.07, 6.45) is 5.07. The number of anilines is 1. The molecule has 2 rings (SSSR count). The molecule has 1 aromatic rings. The van der Waals surface area contributed by atoms with Gasteiger partial charge < -0.3 is 9.64 Å². The summed E-state index contributed by atoms with van der Waals surface area (Å²) in [5.74, 6) is 0.667. The smallest absolute Gasteiger partial charge is 0.228 e. The van der Waals surface area contributed by atoms with Crippen LogP contribution in [0.15, 0.2) is 24.3 Å². The van der Waals surface area contributed by atoms with Crippen molar-refractivity contribution in [2.45, 2.75) is 39.0 Å². The minimum Gasteiger partial charge on any atom is -0.494 e. The lowest BCUT2D eigenvalue weighted by molar-refractivity contribution is -0.117. The van der Waals surface area contributed by atoms with Gasteiger partial charge in [0.25, 0.3) is 0 Å². The van der Waals surface area contributed by atoms with Crippen molar-refractivity contribution in [3.05, 3.63) is 24.3 Å². The third kappa shape index (κ3) is 4.22. The molecule has 0 aromatic heterocycles. The first-order chi connectivity index (χ1) is 10.2. The Morgan fingerprint density at radius 1 is 1.29 bits per heavy atom. The monoisotopic (exact) mass is 286 g/mol. The SMILES string of the molecule is CCCCCCOc1ccc(N2CC(C#N)CC2=O)cc1. The highest BCUT2D eigenvalue weighted by atomic mass is 16.5. The van der Waals surface area contributed by atoms with Crippen LogP contribution < -0.4 is 9.64 Å². The predicted molar refractivity (Wildman–Crippen MR) is 82.2 cm³/mol. The maximum absolute atomic E-state index is 11.8. The molecule has 0 aliphatic carbocycles. The highest BCUT2D eigenvalue weighted by molar-refractivity contribution is 5.96. The van der Waals surface area contributed by atoms with Crippen molar-refractivity contribution < 1.29 is 9.53 Å². The quantitative estimate of drug-likeness (QED) is 0.721. The number of nitrogens with zero attached hydrogens (tertiary/aromatic N) is 2. The van der Waals surface area contributed by atoms with E-state index in [-0.39, 0.29) is 11.8 Å². The first-order valence-corrected chi connectivity index (χ1v) is 7.67. The Balaban J connectivity index is 1.85. The van der Waals surface area contributed by atoms with Crippen LogP contribution >= 0.6 is 0 Å². The van der Waals surface area contributed by atoms with E-state index in [1.807, 2.05) is 24.3 Å². The van der Waals surface area contributed by atoms with E-state index >= 15 is 0 Å². The molecule has 0 bridgehead atoms. The zero-order valence-electron chi connectivity index (χ0n) is 12.5. The summed E-state index contributed by atoms with van der Waals surface area (Å²) in [5.41, 5.74) is 0.844. The van der Waals surface area contributed by atoms with Crippen LogP contribution in [-0.2, 0) is 4.79 Å². The normalized spacial score (nSPS) is 17.8. The maximum atomic E-state index is 11.8. The first kappa shape index (κ1) is 15.4. The Hall–Kier alpha value is -2.02. The molecule has 0 saturated carbocycles. The van der Waals surface area contributed by atoms with Gasteiger partial charge in [0, 0.05) is 18.7 Å². The van der Waals surface area contributed by atoms with Crippen molar-refractivity contribution in [3.63, 3.8) is 0 Å². The molecule has 21 heavy (non-hydrogen) atoms. The highest BCUT2D eigenvalue weighted by Crippen LogP contribution is 2.26. The van der Waals surface area contributed by atoms with Gasteiger partial charge in [0.15, 0.2) is 0 Å². The molecule has 1 amide bonds. The molecule has 1 aliphatic heterocycles. The Kier molecular flexibility index (Phi) is 5.62. The summed E-state index contributed by atoms with van der Waals surface area (Å²) in [5, 5.41) is 8.90. The topological polar surface area (TPSA) is 53.3 Å². The van der Waals surface area contributed by atoms with Gasteiger partial charge in [-0.1, -0.05) is 26.2 Å². The highest BCUT2D eigenvalue weighted by Gasteiger charge is 2.30. The molecule has 4 nitrogen and oxygen atoms in total. The predicted octanol–water partition coefficient (Wildman–Crippen LogP) is 3.52. The van der Waals surface area contributed by atoms with Crippen molar-refractivity contribution >= 4 is 11.6 Å². The van der Waals surface area contributed by atoms with Gasteiger partial charge >= 0.3 is 0 Å². The summed E-state index contributed by atoms with van der Waals surface area (Å²) in [6, 6.07) is 9.72. The zero-order valence-corrected chi connectivity index (χ0v) is 12.5. The fourth-order valence-corrected chi connectivity index (χ4v) is 2.48. The molecular formula is C17H22N2O2. The number of benzene rings is 1. The third-order valence-corrected chi connectivity index (χ3v) is 3.72. The zero-order chi connectivity index (χ0) is 15.1. The lowest BCUT2D eigenvalue weighted by Gasteiger charge is -2.16. The average molecular weight is 286 g/mol. The van der Waals surface area contributed by atoms with Gasteiger partial charge in [-0.05, 0) is 30.7 Å². The van der Waals surface area contributed by atoms with Crippen molar-refractivity contribution in [1.29, 1.82) is 5.26 Å². The Morgan fingerprint density at radius 2 is 2.05 bits per heavy atom. The summed E-state index contributed by atoms with van der Waals surface area (Å²) < 4.78 is 5.68. The molecule has 0 N–H and O–H groups in total. The van der Waals surface area contributed by atoms with Crippen molar-refractivity contribution in [2.75, 3.05) is 18.1 Å². The molecule has 112 valence electrons. The van der Waals surface area contributed by atoms with Crippen LogP contribution in [0.1, 0.15) is 39.0 Å². The molecule has 1 aliphatic rings. The number of unbranched alkanes of at least 4 members (excludes halogenated alkanes) is 3. The van der Waals surface area contributed by atoms with Gasteiger partial charge in [-0.15, -0.1) is 0 Å². The van der Waals surface area contributed by atoms with Gasteiger partial charge in [0.1, 0.15) is 5.75 Å². The van der Waals surface area contributed by atoms with Crippen LogP contribution in [0.3, 0.4) is 0 Å². The van der Waals surface area contributed by atoms with E-state index in [0.29, 0.717) is 13.0 Å². The second-order valence-corrected chi connectivity index (χ2v) is 5.44. The number of hydrogen-bond donors (Lipinski definition) is 0.